The molecule has 7 nitrogen and oxygen atoms in total. The largest absolute Gasteiger partial charge is 0.481 e. The van der Waals surface area contributed by atoms with Crippen LogP contribution < -0.4 is 15.4 Å². The second kappa shape index (κ2) is 8.85. The normalized spacial score (nSPS) is 12.3. The summed E-state index contributed by atoms with van der Waals surface area (Å²) >= 11 is 0. The summed E-state index contributed by atoms with van der Waals surface area (Å²) in [5.74, 6) is 0.850. The Morgan fingerprint density at radius 3 is 2.57 bits per heavy atom. The number of nitrogens with one attached hydrogen (secondary N) is 2. The maximum atomic E-state index is 12.7. The van der Waals surface area contributed by atoms with Crippen LogP contribution in [0.2, 0.25) is 0 Å². The van der Waals surface area contributed by atoms with E-state index >= 15 is 0 Å². The molecule has 0 saturated carbocycles. The van der Waals surface area contributed by atoms with E-state index in [9.17, 15) is 18.0 Å². The second-order valence-electron chi connectivity index (χ2n) is 6.52. The molecule has 30 heavy (non-hydrogen) atoms. The molecule has 2 heterocycles. The van der Waals surface area contributed by atoms with E-state index in [-0.39, 0.29) is 12.6 Å². The van der Waals surface area contributed by atoms with Gasteiger partial charge in [-0.3, -0.25) is 5.32 Å². The lowest BCUT2D eigenvalue weighted by atomic mass is 10.1. The van der Waals surface area contributed by atoms with E-state index in [4.69, 9.17) is 4.74 Å². The highest BCUT2D eigenvalue weighted by Gasteiger charge is 2.29. The van der Waals surface area contributed by atoms with Gasteiger partial charge in [0.1, 0.15) is 5.82 Å². The van der Waals surface area contributed by atoms with Gasteiger partial charge >= 0.3 is 12.2 Å². The maximum Gasteiger partial charge on any atom is 0.416 e. The molecule has 0 radical (unpaired) electrons. The van der Waals surface area contributed by atoms with Crippen LogP contribution in [0.5, 0.6) is 5.88 Å². The van der Waals surface area contributed by atoms with Crippen molar-refractivity contribution in [3.05, 3.63) is 71.5 Å². The number of hydrogen-bond acceptors (Lipinski definition) is 4. The second-order valence-corrected chi connectivity index (χ2v) is 6.52. The summed E-state index contributed by atoms with van der Waals surface area (Å²) in [5.41, 5.74) is 0.717. The molecule has 2 amide bonds. The van der Waals surface area contributed by atoms with Crippen LogP contribution in [0.4, 0.5) is 23.8 Å². The Bertz CT molecular complexity index is 1000. The predicted octanol–water partition coefficient (Wildman–Crippen LogP) is 4.24. The first-order valence-corrected chi connectivity index (χ1v) is 9.01. The van der Waals surface area contributed by atoms with Crippen molar-refractivity contribution in [2.24, 2.45) is 0 Å². The number of carbonyl (C=O) groups is 1. The quantitative estimate of drug-likeness (QED) is 0.626. The number of pyridine rings is 1. The Morgan fingerprint density at radius 2 is 1.90 bits per heavy atom. The van der Waals surface area contributed by atoms with Gasteiger partial charge in [0, 0.05) is 18.3 Å². The molecule has 0 spiro atoms. The summed E-state index contributed by atoms with van der Waals surface area (Å²) in [6, 6.07) is 9.12. The third kappa shape index (κ3) is 5.28. The minimum Gasteiger partial charge on any atom is -0.481 e. The molecular weight excluding hydrogens is 399 g/mol. The molecule has 0 bridgehead atoms. The molecule has 1 atom stereocenters. The van der Waals surface area contributed by atoms with Crippen molar-refractivity contribution in [3.63, 3.8) is 0 Å². The summed E-state index contributed by atoms with van der Waals surface area (Å²) in [4.78, 5) is 16.4. The van der Waals surface area contributed by atoms with Gasteiger partial charge in [-0.05, 0) is 36.2 Å². The van der Waals surface area contributed by atoms with E-state index in [1.807, 2.05) is 6.92 Å². The molecule has 2 aromatic heterocycles. The lowest BCUT2D eigenvalue weighted by Gasteiger charge is -2.16. The zero-order valence-electron chi connectivity index (χ0n) is 16.3. The van der Waals surface area contributed by atoms with Gasteiger partial charge in [-0.2, -0.15) is 18.3 Å². The van der Waals surface area contributed by atoms with Gasteiger partial charge in [-0.1, -0.05) is 12.1 Å². The van der Waals surface area contributed by atoms with Gasteiger partial charge in [0.15, 0.2) is 0 Å². The van der Waals surface area contributed by atoms with Crippen LogP contribution in [0.25, 0.3) is 0 Å². The molecule has 0 fully saturated rings. The summed E-state index contributed by atoms with van der Waals surface area (Å²) in [5, 5.41) is 9.62. The average Bonchev–Trinajstić information content (AvgIpc) is 3.14. The summed E-state index contributed by atoms with van der Waals surface area (Å²) in [6.07, 6.45) is -1.30. The standard InChI is InChI=1S/C20H20F3N5O2/c1-13(15-7-9-24-18(11-15)30-2)26-19(29)27-17-8-10-25-28(17)12-14-3-5-16(6-4-14)20(21,22)23/h3-11,13H,12H2,1-2H3,(H2,26,27,29). The Labute approximate surface area is 170 Å². The van der Waals surface area contributed by atoms with Crippen molar-refractivity contribution in [2.45, 2.75) is 25.7 Å². The number of halogens is 3. The molecule has 3 rings (SSSR count). The smallest absolute Gasteiger partial charge is 0.416 e. The van der Waals surface area contributed by atoms with Crippen LogP contribution in [0.15, 0.2) is 54.9 Å². The van der Waals surface area contributed by atoms with E-state index in [0.717, 1.165) is 17.7 Å². The molecule has 2 N–H and O–H groups in total. The van der Waals surface area contributed by atoms with E-state index < -0.39 is 17.8 Å². The number of nitrogens with zero attached hydrogens (tertiary/aromatic N) is 3. The molecule has 3 aromatic rings. The van der Waals surface area contributed by atoms with Crippen LogP contribution in [-0.4, -0.2) is 27.9 Å². The molecular formula is C20H20F3N5O2. The Kier molecular flexibility index (Phi) is 6.24. The number of anilines is 1. The number of aromatic nitrogens is 3. The summed E-state index contributed by atoms with van der Waals surface area (Å²) in [6.45, 7) is 2.02. The summed E-state index contributed by atoms with van der Waals surface area (Å²) < 4.78 is 44.6. The highest BCUT2D eigenvalue weighted by Crippen LogP contribution is 2.29. The number of urea groups is 1. The maximum absolute atomic E-state index is 12.7. The predicted molar refractivity (Wildman–Crippen MR) is 104 cm³/mol. The zero-order chi connectivity index (χ0) is 21.7. The first kappa shape index (κ1) is 21.2. The number of hydrogen-bond donors (Lipinski definition) is 2. The highest BCUT2D eigenvalue weighted by atomic mass is 19.4. The third-order valence-electron chi connectivity index (χ3n) is 4.39. The van der Waals surface area contributed by atoms with Crippen molar-refractivity contribution in [1.82, 2.24) is 20.1 Å². The molecule has 1 unspecified atom stereocenters. The van der Waals surface area contributed by atoms with Crippen LogP contribution in [0.1, 0.15) is 29.7 Å². The fourth-order valence-electron chi connectivity index (χ4n) is 2.78. The number of amides is 2. The molecule has 158 valence electrons. The topological polar surface area (TPSA) is 81.1 Å². The molecule has 10 heteroatoms. The first-order chi connectivity index (χ1) is 14.3. The molecule has 0 aliphatic carbocycles. The van der Waals surface area contributed by atoms with E-state index in [0.29, 0.717) is 17.3 Å². The van der Waals surface area contributed by atoms with Crippen molar-refractivity contribution in [1.29, 1.82) is 0 Å². The zero-order valence-corrected chi connectivity index (χ0v) is 16.3. The fourth-order valence-corrected chi connectivity index (χ4v) is 2.78. The molecule has 0 aliphatic heterocycles. The molecule has 1 aromatic carbocycles. The van der Waals surface area contributed by atoms with E-state index in [1.54, 1.807) is 24.4 Å². The Balaban J connectivity index is 1.63. The minimum absolute atomic E-state index is 0.206. The SMILES string of the molecule is COc1cc(C(C)NC(=O)Nc2ccnn2Cc2ccc(C(F)(F)F)cc2)ccn1. The number of ether oxygens (including phenoxy) is 1. The number of alkyl halides is 3. The lowest BCUT2D eigenvalue weighted by molar-refractivity contribution is -0.137. The van der Waals surface area contributed by atoms with Gasteiger partial charge in [0.25, 0.3) is 0 Å². The van der Waals surface area contributed by atoms with Gasteiger partial charge in [-0.25, -0.2) is 14.5 Å². The number of benzene rings is 1. The first-order valence-electron chi connectivity index (χ1n) is 9.01. The number of carbonyl (C=O) groups excluding carboxylic acids is 1. The molecule has 0 saturated heterocycles. The average molecular weight is 419 g/mol. The van der Waals surface area contributed by atoms with Crippen molar-refractivity contribution in [2.75, 3.05) is 12.4 Å². The number of methoxy groups -OCH3 is 1. The fraction of sp³-hybridized carbons (Fsp3) is 0.250. The van der Waals surface area contributed by atoms with Crippen molar-refractivity contribution in [3.8, 4) is 5.88 Å². The van der Waals surface area contributed by atoms with Crippen molar-refractivity contribution >= 4 is 11.8 Å². The van der Waals surface area contributed by atoms with Crippen molar-refractivity contribution < 1.29 is 22.7 Å². The summed E-state index contributed by atoms with van der Waals surface area (Å²) in [7, 11) is 1.51. The number of rotatable bonds is 6. The van der Waals surface area contributed by atoms with Crippen LogP contribution >= 0.6 is 0 Å². The van der Waals surface area contributed by atoms with Crippen LogP contribution in [0, 0.1) is 0 Å². The Morgan fingerprint density at radius 1 is 1.17 bits per heavy atom. The van der Waals surface area contributed by atoms with Gasteiger partial charge in [-0.15, -0.1) is 0 Å². The van der Waals surface area contributed by atoms with E-state index in [2.05, 4.69) is 20.7 Å². The van der Waals surface area contributed by atoms with Gasteiger partial charge < -0.3 is 10.1 Å². The van der Waals surface area contributed by atoms with Gasteiger partial charge in [0.2, 0.25) is 5.88 Å². The highest BCUT2D eigenvalue weighted by molar-refractivity contribution is 5.88. The minimum atomic E-state index is -4.38. The van der Waals surface area contributed by atoms with Crippen LogP contribution in [0.3, 0.4) is 0 Å². The Hall–Kier alpha value is -3.56. The van der Waals surface area contributed by atoms with Gasteiger partial charge in [0.05, 0.1) is 31.5 Å². The lowest BCUT2D eigenvalue weighted by Crippen LogP contribution is -2.32. The monoisotopic (exact) mass is 419 g/mol. The third-order valence-corrected chi connectivity index (χ3v) is 4.39. The molecule has 0 aliphatic rings. The van der Waals surface area contributed by atoms with Crippen LogP contribution in [-0.2, 0) is 12.7 Å². The van der Waals surface area contributed by atoms with E-state index in [1.165, 1.54) is 30.1 Å².